The molecule has 25 atom stereocenters. The molecule has 0 radical (unpaired) electrons. The molecule has 21 nitrogen and oxygen atoms in total. The molecule has 0 saturated carbocycles. The zero-order valence-electron chi connectivity index (χ0n) is 49.1. The highest BCUT2D eigenvalue weighted by Crippen LogP contribution is 2.43. The van der Waals surface area contributed by atoms with E-state index in [0.717, 1.165) is 11.1 Å². The van der Waals surface area contributed by atoms with E-state index in [1.807, 2.05) is 51.2 Å². The Morgan fingerprint density at radius 2 is 1.42 bits per heavy atom. The minimum absolute atomic E-state index is 0.00743. The maximum atomic E-state index is 14.1. The number of aliphatic hydroxyl groups is 8. The van der Waals surface area contributed by atoms with E-state index in [1.54, 1.807) is 54.5 Å². The predicted molar refractivity (Wildman–Crippen MR) is 288 cm³/mol. The SMILES string of the molecule is COC[C@H](C[C@@H]1O[C@](O)([C@H](O)[C@H]2C[C@@H](OC)[C@H](O)CC/C=C(C)/C=C/[C@H](O[C@H]3O[C@@H](C)[C@H](OC)[C@@H](O)[C@@H]3O)[C@@H](C)/C=C(C)/C=C(C)/C=C(\C)C(=O)O2)[C@@H](C)[C@H](O)[C@H]1C)O[C@H]1C[C@@](C)(O)[C@H](O[C@H]2C[C@@H](OC)[C@H](O)[C@@H](C)O2)[C@@H](C)O1. The van der Waals surface area contributed by atoms with Crippen LogP contribution in [-0.2, 0) is 61.6 Å². The molecule has 21 heteroatoms. The van der Waals surface area contributed by atoms with Crippen LogP contribution < -0.4 is 0 Å². The molecule has 0 amide bonds. The standard InChI is InChI=1S/C58H96O21/c1-29-17-16-18-40(59)43(69-13)25-45(76-55(65)33(5)23-31(3)21-30(2)22-32(4)41(20-19-29)77-56-51(63)50(62)52(71-15)37(9)74-56)53(64)58(67)35(7)48(60)34(6)42(79-58)24-39(28-68-12)75-47-27-57(11,66)54(38(10)73-47)78-46-26-44(70-14)49(61)36(8)72-46/h17,19-23,32,34-54,56,59-64,66-67H,16,18,24-28H2,1-15H3/b20-19+,29-17+,30-22+,31-21+,33-23+/t32-,34-,35-,36+,37-,38+,39-,40+,41-,42-,43+,44+,45+,46-,47-,48+,49+,50-,51-,52-,53+,54+,56+,57+,58-/m0/s1. The Labute approximate surface area is 467 Å². The van der Waals surface area contributed by atoms with E-state index >= 15 is 0 Å². The van der Waals surface area contributed by atoms with Crippen LogP contribution in [0.1, 0.15) is 115 Å². The van der Waals surface area contributed by atoms with Crippen molar-refractivity contribution in [2.24, 2.45) is 17.8 Å². The summed E-state index contributed by atoms with van der Waals surface area (Å²) < 4.78 is 72.0. The molecule has 0 aliphatic carbocycles. The highest BCUT2D eigenvalue weighted by molar-refractivity contribution is 5.88. The van der Waals surface area contributed by atoms with Crippen LogP contribution in [0.15, 0.2) is 58.7 Å². The minimum atomic E-state index is -2.54. The Morgan fingerprint density at radius 3 is 2.05 bits per heavy atom. The van der Waals surface area contributed by atoms with Gasteiger partial charge in [0.15, 0.2) is 18.9 Å². The van der Waals surface area contributed by atoms with Crippen molar-refractivity contribution in [1.82, 2.24) is 0 Å². The number of carbonyl (C=O) groups is 1. The molecule has 0 bridgehead atoms. The lowest BCUT2D eigenvalue weighted by atomic mass is 9.76. The fraction of sp³-hybridized carbons (Fsp3) is 0.810. The van der Waals surface area contributed by atoms with Crippen LogP contribution in [0.3, 0.4) is 0 Å². The molecule has 454 valence electrons. The summed E-state index contributed by atoms with van der Waals surface area (Å²) in [4.78, 5) is 14.1. The third-order valence-corrected chi connectivity index (χ3v) is 16.4. The summed E-state index contributed by atoms with van der Waals surface area (Å²) in [5, 5.41) is 92.6. The number of rotatable bonds is 15. The molecule has 0 unspecified atom stereocenters. The summed E-state index contributed by atoms with van der Waals surface area (Å²) in [5.74, 6) is -5.45. The topological polar surface area (TPSA) is 290 Å². The van der Waals surface area contributed by atoms with Crippen molar-refractivity contribution < 1.29 is 102 Å². The molecule has 0 aromatic rings. The molecular formula is C58H96O21. The van der Waals surface area contributed by atoms with Gasteiger partial charge in [0.2, 0.25) is 5.79 Å². The Hall–Kier alpha value is -2.59. The van der Waals surface area contributed by atoms with Gasteiger partial charge in [0.05, 0.1) is 73.2 Å². The Kier molecular flexibility index (Phi) is 25.3. The van der Waals surface area contributed by atoms with Crippen molar-refractivity contribution in [3.8, 4) is 0 Å². The molecule has 5 aliphatic rings. The molecule has 5 rings (SSSR count). The number of ether oxygens (including phenoxy) is 12. The maximum absolute atomic E-state index is 14.1. The number of allylic oxidation sites excluding steroid dienone is 7. The molecule has 5 aliphatic heterocycles. The van der Waals surface area contributed by atoms with E-state index in [-0.39, 0.29) is 50.2 Å². The van der Waals surface area contributed by atoms with Crippen LogP contribution in [0.25, 0.3) is 0 Å². The Bertz CT molecular complexity index is 2080. The fourth-order valence-electron chi connectivity index (χ4n) is 11.6. The van der Waals surface area contributed by atoms with Crippen LogP contribution in [0.5, 0.6) is 0 Å². The van der Waals surface area contributed by atoms with Crippen molar-refractivity contribution in [2.45, 2.75) is 249 Å². The van der Waals surface area contributed by atoms with Gasteiger partial charge in [-0.25, -0.2) is 4.79 Å². The second-order valence-electron chi connectivity index (χ2n) is 23.0. The summed E-state index contributed by atoms with van der Waals surface area (Å²) in [6.07, 6.45) is -8.27. The first-order chi connectivity index (χ1) is 37.1. The summed E-state index contributed by atoms with van der Waals surface area (Å²) >= 11 is 0. The molecule has 0 aromatic heterocycles. The van der Waals surface area contributed by atoms with E-state index in [1.165, 1.54) is 35.4 Å². The zero-order chi connectivity index (χ0) is 58.8. The second-order valence-corrected chi connectivity index (χ2v) is 23.0. The van der Waals surface area contributed by atoms with Crippen molar-refractivity contribution >= 4 is 5.97 Å². The van der Waals surface area contributed by atoms with Gasteiger partial charge in [-0.3, -0.25) is 0 Å². The number of hydrogen-bond donors (Lipinski definition) is 8. The lowest BCUT2D eigenvalue weighted by molar-refractivity contribution is -0.366. The zero-order valence-corrected chi connectivity index (χ0v) is 49.1. The van der Waals surface area contributed by atoms with Crippen LogP contribution in [0.2, 0.25) is 0 Å². The number of cyclic esters (lactones) is 1. The summed E-state index contributed by atoms with van der Waals surface area (Å²) in [7, 11) is 5.80. The van der Waals surface area contributed by atoms with Gasteiger partial charge in [0, 0.05) is 77.4 Å². The van der Waals surface area contributed by atoms with Crippen LogP contribution in [0.4, 0.5) is 0 Å². The highest BCUT2D eigenvalue weighted by Gasteiger charge is 2.57. The number of aliphatic hydroxyl groups excluding tert-OH is 6. The van der Waals surface area contributed by atoms with E-state index in [4.69, 9.17) is 56.8 Å². The van der Waals surface area contributed by atoms with Crippen molar-refractivity contribution in [3.05, 3.63) is 58.7 Å². The molecule has 0 spiro atoms. The van der Waals surface area contributed by atoms with Crippen molar-refractivity contribution in [1.29, 1.82) is 0 Å². The molecule has 5 heterocycles. The second kappa shape index (κ2) is 29.8. The number of carbonyl (C=O) groups excluding carboxylic acids is 1. The van der Waals surface area contributed by atoms with E-state index in [0.29, 0.717) is 12.0 Å². The maximum Gasteiger partial charge on any atom is 0.334 e. The normalized spacial score (nSPS) is 46.7. The van der Waals surface area contributed by atoms with E-state index in [2.05, 4.69) is 0 Å². The lowest BCUT2D eigenvalue weighted by Crippen LogP contribution is -2.66. The molecule has 4 saturated heterocycles. The summed E-state index contributed by atoms with van der Waals surface area (Å²) in [6, 6.07) is 0. The molecule has 8 N–H and O–H groups in total. The Morgan fingerprint density at radius 1 is 0.747 bits per heavy atom. The number of esters is 1. The van der Waals surface area contributed by atoms with E-state index < -0.39 is 152 Å². The quantitative estimate of drug-likeness (QED) is 0.109. The first kappa shape index (κ1) is 67.2. The fourth-order valence-corrected chi connectivity index (χ4v) is 11.6. The summed E-state index contributed by atoms with van der Waals surface area (Å²) in [6.45, 7) is 19.1. The number of methoxy groups -OCH3 is 4. The largest absolute Gasteiger partial charge is 0.456 e. The van der Waals surface area contributed by atoms with Crippen LogP contribution >= 0.6 is 0 Å². The van der Waals surface area contributed by atoms with Crippen LogP contribution in [0, 0.1) is 17.8 Å². The van der Waals surface area contributed by atoms with E-state index in [9.17, 15) is 45.6 Å². The Balaban J connectivity index is 1.37. The third kappa shape index (κ3) is 17.3. The first-order valence-corrected chi connectivity index (χ1v) is 27.9. The monoisotopic (exact) mass is 1130 g/mol. The first-order valence-electron chi connectivity index (χ1n) is 27.9. The average Bonchev–Trinajstić information content (AvgIpc) is 3.46. The van der Waals surface area contributed by atoms with Gasteiger partial charge in [0.25, 0.3) is 0 Å². The average molecular weight is 1130 g/mol. The van der Waals surface area contributed by atoms with Gasteiger partial charge in [-0.1, -0.05) is 67.9 Å². The van der Waals surface area contributed by atoms with Gasteiger partial charge in [-0.15, -0.1) is 0 Å². The molecule has 79 heavy (non-hydrogen) atoms. The predicted octanol–water partition coefficient (Wildman–Crippen LogP) is 3.59. The minimum Gasteiger partial charge on any atom is -0.456 e. The third-order valence-electron chi connectivity index (χ3n) is 16.4. The van der Waals surface area contributed by atoms with Gasteiger partial charge < -0.3 is 97.7 Å². The van der Waals surface area contributed by atoms with Gasteiger partial charge in [0.1, 0.15) is 42.7 Å². The highest BCUT2D eigenvalue weighted by atomic mass is 16.7. The molecule has 0 aromatic carbocycles. The van der Waals surface area contributed by atoms with Crippen LogP contribution in [-0.4, -0.2) is 216 Å². The number of hydrogen-bond acceptors (Lipinski definition) is 21. The van der Waals surface area contributed by atoms with Gasteiger partial charge >= 0.3 is 5.97 Å². The molecule has 4 fully saturated rings. The van der Waals surface area contributed by atoms with Gasteiger partial charge in [-0.2, -0.15) is 0 Å². The summed E-state index contributed by atoms with van der Waals surface area (Å²) in [5.41, 5.74) is 0.977. The van der Waals surface area contributed by atoms with Crippen molar-refractivity contribution in [3.63, 3.8) is 0 Å². The van der Waals surface area contributed by atoms with Crippen molar-refractivity contribution in [2.75, 3.05) is 35.0 Å². The smallest absolute Gasteiger partial charge is 0.334 e. The molecular weight excluding hydrogens is 1030 g/mol. The van der Waals surface area contributed by atoms with Gasteiger partial charge in [-0.05, 0) is 74.3 Å². The lowest BCUT2D eigenvalue weighted by Gasteiger charge is -2.51.